The van der Waals surface area contributed by atoms with Crippen molar-refractivity contribution in [1.29, 1.82) is 0 Å². The molecule has 1 unspecified atom stereocenters. The van der Waals surface area contributed by atoms with Crippen LogP contribution >= 0.6 is 0 Å². The van der Waals surface area contributed by atoms with Crippen molar-refractivity contribution in [2.45, 2.75) is 45.1 Å². The van der Waals surface area contributed by atoms with Gasteiger partial charge in [0.1, 0.15) is 0 Å². The van der Waals surface area contributed by atoms with Gasteiger partial charge in [-0.2, -0.15) is 0 Å². The summed E-state index contributed by atoms with van der Waals surface area (Å²) in [6, 6.07) is 0. The van der Waals surface area contributed by atoms with Crippen molar-refractivity contribution in [3.63, 3.8) is 0 Å². The molecule has 0 rings (SSSR count). The van der Waals surface area contributed by atoms with Crippen LogP contribution in [0.2, 0.25) is 0 Å². The minimum absolute atomic E-state index is 0. The Morgan fingerprint density at radius 1 is 1.29 bits per heavy atom. The maximum atomic E-state index is 10.2. The second kappa shape index (κ2) is 9.12. The van der Waals surface area contributed by atoms with Crippen LogP contribution in [0.1, 0.15) is 39.0 Å². The summed E-state index contributed by atoms with van der Waals surface area (Å²) in [6.07, 6.45) is 3.35. The van der Waals surface area contributed by atoms with Crippen molar-refractivity contribution < 1.29 is 47.6 Å². The summed E-state index contributed by atoms with van der Waals surface area (Å²) in [4.78, 5) is 0. The number of aliphatic hydroxyl groups is 1. The first-order valence-electron chi connectivity index (χ1n) is 4.57. The van der Waals surface area contributed by atoms with Crippen LogP contribution in [-0.2, 0) is 10.1 Å². The van der Waals surface area contributed by atoms with Crippen molar-refractivity contribution in [2.75, 3.05) is 5.75 Å². The monoisotopic (exact) mass is 232 g/mol. The van der Waals surface area contributed by atoms with Gasteiger partial charge in [0.15, 0.2) is 0 Å². The first-order valence-corrected chi connectivity index (χ1v) is 6.15. The summed E-state index contributed by atoms with van der Waals surface area (Å²) in [6.45, 7) is 2.07. The molecule has 0 saturated carbocycles. The van der Waals surface area contributed by atoms with Gasteiger partial charge in [0, 0.05) is 0 Å². The molecule has 0 aromatic rings. The van der Waals surface area contributed by atoms with Crippen LogP contribution in [0.5, 0.6) is 0 Å². The van der Waals surface area contributed by atoms with E-state index in [2.05, 4.69) is 6.92 Å². The fourth-order valence-corrected chi connectivity index (χ4v) is 1.76. The molecule has 0 heterocycles. The van der Waals surface area contributed by atoms with E-state index in [0.29, 0.717) is 6.42 Å². The van der Waals surface area contributed by atoms with Crippen LogP contribution in [0.25, 0.3) is 0 Å². The summed E-state index contributed by atoms with van der Waals surface area (Å²) in [5.74, 6) is -0.654. The Hall–Kier alpha value is 0.870. The third-order valence-corrected chi connectivity index (χ3v) is 2.58. The van der Waals surface area contributed by atoms with Crippen LogP contribution in [0.3, 0.4) is 0 Å². The molecule has 0 aliphatic heterocycles. The smallest absolute Gasteiger partial charge is 0.748 e. The van der Waals surface area contributed by atoms with E-state index in [1.54, 1.807) is 0 Å². The van der Waals surface area contributed by atoms with E-state index in [4.69, 9.17) is 5.11 Å². The Morgan fingerprint density at radius 2 is 1.86 bits per heavy atom. The second-order valence-corrected chi connectivity index (χ2v) is 4.68. The van der Waals surface area contributed by atoms with Crippen molar-refractivity contribution in [3.8, 4) is 0 Å². The number of hydrogen-bond donors (Lipinski definition) is 1. The first-order chi connectivity index (χ1) is 5.95. The molecule has 4 nitrogen and oxygen atoms in total. The fraction of sp³-hybridized carbons (Fsp3) is 1.00. The normalized spacial score (nSPS) is 13.4. The van der Waals surface area contributed by atoms with Crippen molar-refractivity contribution in [3.05, 3.63) is 0 Å². The number of rotatable bonds is 7. The quantitative estimate of drug-likeness (QED) is 0.309. The minimum atomic E-state index is -4.27. The Balaban J connectivity index is 0. The summed E-state index contributed by atoms with van der Waals surface area (Å²) in [5, 5.41) is 9.10. The fourth-order valence-electron chi connectivity index (χ4n) is 1.13. The summed E-state index contributed by atoms with van der Waals surface area (Å²) >= 11 is 0. The van der Waals surface area contributed by atoms with Crippen LogP contribution in [0, 0.1) is 0 Å². The number of unbranched alkanes of at least 4 members (excludes halogenated alkanes) is 3. The molecule has 6 heteroatoms. The number of hydrogen-bond acceptors (Lipinski definition) is 4. The van der Waals surface area contributed by atoms with Gasteiger partial charge in [-0.05, 0) is 6.42 Å². The third-order valence-electron chi connectivity index (χ3n) is 1.79. The zero-order valence-electron chi connectivity index (χ0n) is 8.90. The van der Waals surface area contributed by atoms with E-state index >= 15 is 0 Å². The summed E-state index contributed by atoms with van der Waals surface area (Å²) in [5.41, 5.74) is 0. The molecule has 80 valence electrons. The molecule has 14 heavy (non-hydrogen) atoms. The van der Waals surface area contributed by atoms with E-state index in [1.807, 2.05) is 0 Å². The van der Waals surface area contributed by atoms with Gasteiger partial charge < -0.3 is 9.66 Å². The molecular weight excluding hydrogens is 215 g/mol. The average Bonchev–Trinajstić information content (AvgIpc) is 1.94. The van der Waals surface area contributed by atoms with E-state index < -0.39 is 22.0 Å². The first kappa shape index (κ1) is 17.3. The molecule has 0 aromatic heterocycles. The van der Waals surface area contributed by atoms with Gasteiger partial charge >= 0.3 is 29.6 Å². The van der Waals surface area contributed by atoms with Gasteiger partial charge in [-0.3, -0.25) is 0 Å². The second-order valence-electron chi connectivity index (χ2n) is 3.23. The Bertz CT molecular complexity index is 215. The molecule has 0 bridgehead atoms. The van der Waals surface area contributed by atoms with Crippen molar-refractivity contribution in [1.82, 2.24) is 0 Å². The molecule has 0 aliphatic carbocycles. The predicted molar refractivity (Wildman–Crippen MR) is 49.3 cm³/mol. The molecule has 1 atom stereocenters. The summed E-state index contributed by atoms with van der Waals surface area (Å²) in [7, 11) is -4.27. The molecule has 0 fully saturated rings. The number of aliphatic hydroxyl groups excluding tert-OH is 1. The van der Waals surface area contributed by atoms with Gasteiger partial charge in [-0.25, -0.2) is 8.42 Å². The van der Waals surface area contributed by atoms with Crippen molar-refractivity contribution in [2.24, 2.45) is 0 Å². The summed E-state index contributed by atoms with van der Waals surface area (Å²) < 4.78 is 30.6. The molecule has 0 amide bonds. The molecule has 0 radical (unpaired) electrons. The largest absolute Gasteiger partial charge is 1.00 e. The van der Waals surface area contributed by atoms with Crippen LogP contribution in [0.4, 0.5) is 0 Å². The van der Waals surface area contributed by atoms with Gasteiger partial charge in [-0.15, -0.1) is 0 Å². The Labute approximate surface area is 108 Å². The van der Waals surface area contributed by atoms with Gasteiger partial charge in [0.25, 0.3) is 0 Å². The molecule has 0 aliphatic rings. The Kier molecular flexibility index (Phi) is 11.3. The molecular formula is C8H17NaO4S. The van der Waals surface area contributed by atoms with Gasteiger partial charge in [0.2, 0.25) is 0 Å². The minimum Gasteiger partial charge on any atom is -0.748 e. The molecule has 0 saturated heterocycles. The predicted octanol–water partition coefficient (Wildman–Crippen LogP) is -2.13. The average molecular weight is 232 g/mol. The van der Waals surface area contributed by atoms with Gasteiger partial charge in [-0.1, -0.05) is 32.6 Å². The van der Waals surface area contributed by atoms with E-state index in [9.17, 15) is 13.0 Å². The third kappa shape index (κ3) is 12.9. The molecule has 0 aromatic carbocycles. The topological polar surface area (TPSA) is 77.4 Å². The molecule has 1 N–H and O–H groups in total. The van der Waals surface area contributed by atoms with E-state index in [0.717, 1.165) is 25.7 Å². The zero-order valence-corrected chi connectivity index (χ0v) is 11.7. The van der Waals surface area contributed by atoms with Crippen LogP contribution in [-0.4, -0.2) is 29.9 Å². The van der Waals surface area contributed by atoms with E-state index in [-0.39, 0.29) is 29.6 Å². The zero-order chi connectivity index (χ0) is 10.3. The standard InChI is InChI=1S/C8H18O4S.Na/c1-2-3-4-5-6-8(9)7-13(10,11)12;/h8-9H,2-7H2,1H3,(H,10,11,12);/q;+1/p-1. The molecule has 0 spiro atoms. The van der Waals surface area contributed by atoms with Gasteiger partial charge in [0.05, 0.1) is 22.0 Å². The SMILES string of the molecule is CCCCCCC(O)CS(=O)(=O)[O-].[Na+]. The maximum absolute atomic E-state index is 10.2. The maximum Gasteiger partial charge on any atom is 1.00 e. The van der Waals surface area contributed by atoms with Crippen molar-refractivity contribution >= 4 is 10.1 Å². The van der Waals surface area contributed by atoms with E-state index in [1.165, 1.54) is 0 Å². The Morgan fingerprint density at radius 3 is 2.29 bits per heavy atom. The van der Waals surface area contributed by atoms with Crippen LogP contribution in [0.15, 0.2) is 0 Å². The van der Waals surface area contributed by atoms with Crippen LogP contribution < -0.4 is 29.6 Å².